The van der Waals surface area contributed by atoms with Crippen LogP contribution >= 0.6 is 12.4 Å². The molecule has 1 aromatic rings. The van der Waals surface area contributed by atoms with Crippen molar-refractivity contribution in [2.45, 2.75) is 18.7 Å². The van der Waals surface area contributed by atoms with Gasteiger partial charge >= 0.3 is 0 Å². The maximum Gasteiger partial charge on any atom is 0.253 e. The second-order valence-corrected chi connectivity index (χ2v) is 9.32. The summed E-state index contributed by atoms with van der Waals surface area (Å²) in [5, 5.41) is 0. The van der Waals surface area contributed by atoms with Crippen LogP contribution in [0.25, 0.3) is 0 Å². The SMILES string of the molecule is COc1ccc(C(=O)N(C)CC(C)(C)CN)cc1S(=O)(=O)N1CCOCC1.Cl. The van der Waals surface area contributed by atoms with Crippen LogP contribution < -0.4 is 10.5 Å². The molecular formula is C18H30ClN3O5S. The number of nitrogens with two attached hydrogens (primary N) is 1. The van der Waals surface area contributed by atoms with Crippen molar-refractivity contribution in [2.75, 3.05) is 53.6 Å². The Labute approximate surface area is 173 Å². The highest BCUT2D eigenvalue weighted by Crippen LogP contribution is 2.29. The normalized spacial score (nSPS) is 15.6. The van der Waals surface area contributed by atoms with E-state index in [1.165, 1.54) is 23.5 Å². The lowest BCUT2D eigenvalue weighted by atomic mass is 9.93. The molecular weight excluding hydrogens is 406 g/mol. The first-order chi connectivity index (χ1) is 12.6. The molecule has 0 aliphatic carbocycles. The van der Waals surface area contributed by atoms with Crippen LogP contribution in [-0.2, 0) is 14.8 Å². The summed E-state index contributed by atoms with van der Waals surface area (Å²) in [5.41, 5.74) is 5.80. The van der Waals surface area contributed by atoms with Gasteiger partial charge in [-0.1, -0.05) is 13.8 Å². The van der Waals surface area contributed by atoms with E-state index in [2.05, 4.69) is 0 Å². The molecule has 28 heavy (non-hydrogen) atoms. The third-order valence-electron chi connectivity index (χ3n) is 4.56. The van der Waals surface area contributed by atoms with E-state index in [4.69, 9.17) is 15.2 Å². The second kappa shape index (κ2) is 9.89. The molecule has 1 saturated heterocycles. The molecule has 8 nitrogen and oxygen atoms in total. The smallest absolute Gasteiger partial charge is 0.253 e. The molecule has 2 N–H and O–H groups in total. The van der Waals surface area contributed by atoms with Gasteiger partial charge in [0.25, 0.3) is 5.91 Å². The molecule has 160 valence electrons. The fraction of sp³-hybridized carbons (Fsp3) is 0.611. The van der Waals surface area contributed by atoms with Gasteiger partial charge in [0.2, 0.25) is 10.0 Å². The van der Waals surface area contributed by atoms with Crippen molar-refractivity contribution in [2.24, 2.45) is 11.1 Å². The Morgan fingerprint density at radius 1 is 1.32 bits per heavy atom. The molecule has 1 amide bonds. The van der Waals surface area contributed by atoms with Crippen molar-refractivity contribution in [3.05, 3.63) is 23.8 Å². The lowest BCUT2D eigenvalue weighted by Gasteiger charge is -2.29. The van der Waals surface area contributed by atoms with Gasteiger partial charge < -0.3 is 20.1 Å². The summed E-state index contributed by atoms with van der Waals surface area (Å²) in [4.78, 5) is 14.4. The highest BCUT2D eigenvalue weighted by atomic mass is 35.5. The summed E-state index contributed by atoms with van der Waals surface area (Å²) in [7, 11) is -0.700. The Balaban J connectivity index is 0.00000392. The predicted molar refractivity (Wildman–Crippen MR) is 110 cm³/mol. The molecule has 1 aromatic carbocycles. The van der Waals surface area contributed by atoms with Crippen LogP contribution in [0.2, 0.25) is 0 Å². The van der Waals surface area contributed by atoms with Gasteiger partial charge in [-0.15, -0.1) is 12.4 Å². The summed E-state index contributed by atoms with van der Waals surface area (Å²) in [6.45, 7) is 6.07. The van der Waals surface area contributed by atoms with Crippen molar-refractivity contribution in [3.8, 4) is 5.75 Å². The van der Waals surface area contributed by atoms with Crippen LogP contribution in [0.15, 0.2) is 23.1 Å². The first-order valence-corrected chi connectivity index (χ1v) is 10.3. The van der Waals surface area contributed by atoms with Gasteiger partial charge in [-0.2, -0.15) is 4.31 Å². The van der Waals surface area contributed by atoms with E-state index in [1.807, 2.05) is 13.8 Å². The van der Waals surface area contributed by atoms with E-state index in [0.717, 1.165) is 0 Å². The molecule has 0 atom stereocenters. The van der Waals surface area contributed by atoms with Crippen molar-refractivity contribution in [3.63, 3.8) is 0 Å². The Morgan fingerprint density at radius 3 is 2.46 bits per heavy atom. The molecule has 1 aliphatic heterocycles. The van der Waals surface area contributed by atoms with E-state index in [0.29, 0.717) is 26.3 Å². The first-order valence-electron chi connectivity index (χ1n) is 8.84. The van der Waals surface area contributed by atoms with Crippen molar-refractivity contribution < 1.29 is 22.7 Å². The van der Waals surface area contributed by atoms with Crippen LogP contribution in [-0.4, -0.2) is 77.1 Å². The molecule has 0 saturated carbocycles. The van der Waals surface area contributed by atoms with Gasteiger partial charge in [-0.3, -0.25) is 4.79 Å². The number of hydrogen-bond donors (Lipinski definition) is 1. The molecule has 0 aromatic heterocycles. The molecule has 1 heterocycles. The van der Waals surface area contributed by atoms with Gasteiger partial charge in [0.15, 0.2) is 0 Å². The van der Waals surface area contributed by atoms with E-state index in [9.17, 15) is 13.2 Å². The number of carbonyl (C=O) groups excluding carboxylic acids is 1. The average molecular weight is 436 g/mol. The summed E-state index contributed by atoms with van der Waals surface area (Å²) in [5.74, 6) is -0.0550. The zero-order chi connectivity index (χ0) is 20.2. The minimum atomic E-state index is -3.79. The van der Waals surface area contributed by atoms with E-state index in [1.54, 1.807) is 18.0 Å². The number of methoxy groups -OCH3 is 1. The summed E-state index contributed by atoms with van der Waals surface area (Å²) < 4.78 is 37.9. The van der Waals surface area contributed by atoms with E-state index < -0.39 is 10.0 Å². The number of benzene rings is 1. The fourth-order valence-corrected chi connectivity index (χ4v) is 4.53. The van der Waals surface area contributed by atoms with Crippen LogP contribution in [0, 0.1) is 5.41 Å². The second-order valence-electron chi connectivity index (χ2n) is 7.41. The predicted octanol–water partition coefficient (Wildman–Crippen LogP) is 1.19. The number of hydrogen-bond acceptors (Lipinski definition) is 6. The van der Waals surface area contributed by atoms with Gasteiger partial charge in [0.1, 0.15) is 10.6 Å². The molecule has 1 aliphatic rings. The van der Waals surface area contributed by atoms with Crippen molar-refractivity contribution in [1.29, 1.82) is 0 Å². The van der Waals surface area contributed by atoms with Crippen LogP contribution in [0.5, 0.6) is 5.75 Å². The number of sulfonamides is 1. The van der Waals surface area contributed by atoms with Crippen molar-refractivity contribution >= 4 is 28.3 Å². The van der Waals surface area contributed by atoms with Gasteiger partial charge in [0.05, 0.1) is 20.3 Å². The van der Waals surface area contributed by atoms with Gasteiger partial charge in [0, 0.05) is 32.2 Å². The molecule has 10 heteroatoms. The third kappa shape index (κ3) is 5.57. The lowest BCUT2D eigenvalue weighted by molar-refractivity contribution is 0.0728. The Bertz CT molecular complexity index is 779. The Kier molecular flexibility index (Phi) is 8.70. The summed E-state index contributed by atoms with van der Waals surface area (Å²) >= 11 is 0. The summed E-state index contributed by atoms with van der Waals surface area (Å²) in [6, 6.07) is 4.48. The standard InChI is InChI=1S/C18H29N3O5S.ClH/c1-18(2,12-19)13-20(3)17(22)14-5-6-15(25-4)16(11-14)27(23,24)21-7-9-26-10-8-21;/h5-6,11H,7-10,12-13,19H2,1-4H3;1H. The summed E-state index contributed by atoms with van der Waals surface area (Å²) in [6.07, 6.45) is 0. The largest absolute Gasteiger partial charge is 0.495 e. The average Bonchev–Trinajstić information content (AvgIpc) is 2.67. The minimum Gasteiger partial charge on any atom is -0.495 e. The highest BCUT2D eigenvalue weighted by Gasteiger charge is 2.31. The van der Waals surface area contributed by atoms with Gasteiger partial charge in [-0.25, -0.2) is 8.42 Å². The zero-order valence-electron chi connectivity index (χ0n) is 16.8. The number of rotatable bonds is 7. The van der Waals surface area contributed by atoms with E-state index in [-0.39, 0.29) is 53.0 Å². The van der Waals surface area contributed by atoms with Crippen molar-refractivity contribution in [1.82, 2.24) is 9.21 Å². The Morgan fingerprint density at radius 2 is 1.93 bits per heavy atom. The molecule has 0 spiro atoms. The number of halogens is 1. The first kappa shape index (κ1) is 24.6. The Hall–Kier alpha value is -1.39. The van der Waals surface area contributed by atoms with Crippen LogP contribution in [0.4, 0.5) is 0 Å². The molecule has 1 fully saturated rings. The fourth-order valence-electron chi connectivity index (χ4n) is 2.94. The molecule has 0 radical (unpaired) electrons. The molecule has 0 bridgehead atoms. The highest BCUT2D eigenvalue weighted by molar-refractivity contribution is 7.89. The minimum absolute atomic E-state index is 0. The zero-order valence-corrected chi connectivity index (χ0v) is 18.4. The number of ether oxygens (including phenoxy) is 2. The number of carbonyl (C=O) groups is 1. The number of nitrogens with zero attached hydrogens (tertiary/aromatic N) is 2. The number of morpholine rings is 1. The third-order valence-corrected chi connectivity index (χ3v) is 6.48. The number of amides is 1. The molecule has 0 unspecified atom stereocenters. The van der Waals surface area contributed by atoms with E-state index >= 15 is 0 Å². The topological polar surface area (TPSA) is 102 Å². The molecule has 2 rings (SSSR count). The lowest BCUT2D eigenvalue weighted by Crippen LogP contribution is -2.41. The van der Waals surface area contributed by atoms with Gasteiger partial charge in [-0.05, 0) is 30.2 Å². The van der Waals surface area contributed by atoms with Crippen LogP contribution in [0.1, 0.15) is 24.2 Å². The maximum atomic E-state index is 13.0. The quantitative estimate of drug-likeness (QED) is 0.690. The maximum absolute atomic E-state index is 13.0. The van der Waals surface area contributed by atoms with Crippen LogP contribution in [0.3, 0.4) is 0 Å². The monoisotopic (exact) mass is 435 g/mol.